The molecular weight excluding hydrogens is 122 g/mol. The zero-order valence-electron chi connectivity index (χ0n) is 4.96. The van der Waals surface area contributed by atoms with Crippen LogP contribution < -0.4 is 5.32 Å². The van der Waals surface area contributed by atoms with E-state index in [0.717, 1.165) is 6.29 Å². The number of aliphatic carboxylic acids is 1. The van der Waals surface area contributed by atoms with Crippen molar-refractivity contribution in [3.63, 3.8) is 0 Å². The van der Waals surface area contributed by atoms with E-state index in [0.29, 0.717) is 13.0 Å². The lowest BCUT2D eigenvalue weighted by Gasteiger charge is -1.93. The van der Waals surface area contributed by atoms with Crippen LogP contribution in [0.1, 0.15) is 6.42 Å². The Morgan fingerprint density at radius 1 is 1.67 bits per heavy atom. The van der Waals surface area contributed by atoms with Crippen LogP contribution in [0.4, 0.5) is 0 Å². The van der Waals surface area contributed by atoms with E-state index < -0.39 is 5.97 Å². The first kappa shape index (κ1) is 8.10. The van der Waals surface area contributed by atoms with E-state index in [9.17, 15) is 9.59 Å². The smallest absolute Gasteiger partial charge is 0.317 e. The third-order valence-electron chi connectivity index (χ3n) is 0.715. The Labute approximate surface area is 52.9 Å². The summed E-state index contributed by atoms with van der Waals surface area (Å²) in [7, 11) is 0. The number of carbonyl (C=O) groups excluding carboxylic acids is 1. The summed E-state index contributed by atoms with van der Waals surface area (Å²) in [5.74, 6) is -0.902. The third-order valence-corrected chi connectivity index (χ3v) is 0.715. The molecular formula is C5H9NO3. The molecule has 0 atom stereocenters. The van der Waals surface area contributed by atoms with Crippen LogP contribution in [0.2, 0.25) is 0 Å². The second kappa shape index (κ2) is 5.24. The molecule has 0 rings (SSSR count). The van der Waals surface area contributed by atoms with Crippen molar-refractivity contribution < 1.29 is 14.7 Å². The van der Waals surface area contributed by atoms with Gasteiger partial charge in [-0.15, -0.1) is 0 Å². The van der Waals surface area contributed by atoms with Crippen molar-refractivity contribution in [2.24, 2.45) is 0 Å². The first-order valence-electron chi connectivity index (χ1n) is 2.63. The molecule has 0 saturated carbocycles. The topological polar surface area (TPSA) is 66.4 Å². The van der Waals surface area contributed by atoms with Crippen molar-refractivity contribution in [3.05, 3.63) is 0 Å². The quantitative estimate of drug-likeness (QED) is 0.380. The molecule has 0 saturated heterocycles. The summed E-state index contributed by atoms with van der Waals surface area (Å²) >= 11 is 0. The number of aldehydes is 1. The molecule has 0 aliphatic heterocycles. The Morgan fingerprint density at radius 2 is 2.33 bits per heavy atom. The summed E-state index contributed by atoms with van der Waals surface area (Å²) in [6.07, 6.45) is 1.11. The number of hydrogen-bond donors (Lipinski definition) is 2. The van der Waals surface area contributed by atoms with Crippen LogP contribution in [0.5, 0.6) is 0 Å². The fraction of sp³-hybridized carbons (Fsp3) is 0.600. The van der Waals surface area contributed by atoms with Gasteiger partial charge < -0.3 is 15.2 Å². The van der Waals surface area contributed by atoms with E-state index in [1.54, 1.807) is 0 Å². The predicted molar refractivity (Wildman–Crippen MR) is 31.2 cm³/mol. The number of hydrogen-bond acceptors (Lipinski definition) is 3. The largest absolute Gasteiger partial charge is 0.480 e. The maximum absolute atomic E-state index is 9.81. The predicted octanol–water partition coefficient (Wildman–Crippen LogP) is -0.750. The molecule has 9 heavy (non-hydrogen) atoms. The summed E-state index contributed by atoms with van der Waals surface area (Å²) in [6.45, 7) is 0.365. The number of carboxylic acid groups (broad SMARTS) is 1. The minimum absolute atomic E-state index is 0.0756. The first-order chi connectivity index (χ1) is 4.27. The van der Waals surface area contributed by atoms with E-state index in [1.165, 1.54) is 0 Å². The van der Waals surface area contributed by atoms with Crippen LogP contribution in [0.25, 0.3) is 0 Å². The van der Waals surface area contributed by atoms with Crippen LogP contribution in [0.3, 0.4) is 0 Å². The molecule has 0 spiro atoms. The van der Waals surface area contributed by atoms with Crippen molar-refractivity contribution in [1.82, 2.24) is 5.32 Å². The van der Waals surface area contributed by atoms with Crippen molar-refractivity contribution in [3.8, 4) is 0 Å². The number of carbonyl (C=O) groups is 2. The molecule has 0 aliphatic rings. The van der Waals surface area contributed by atoms with Gasteiger partial charge in [0.2, 0.25) is 0 Å². The number of nitrogens with one attached hydrogen (secondary N) is 1. The second-order valence-corrected chi connectivity index (χ2v) is 1.53. The van der Waals surface area contributed by atoms with Gasteiger partial charge in [0.1, 0.15) is 6.29 Å². The third kappa shape index (κ3) is 7.10. The van der Waals surface area contributed by atoms with Gasteiger partial charge in [0.15, 0.2) is 0 Å². The SMILES string of the molecule is O=CCCNCC(=O)O. The average Bonchev–Trinajstić information content (AvgIpc) is 1.80. The van der Waals surface area contributed by atoms with Crippen molar-refractivity contribution in [2.75, 3.05) is 13.1 Å². The van der Waals surface area contributed by atoms with Crippen molar-refractivity contribution in [1.29, 1.82) is 0 Å². The van der Waals surface area contributed by atoms with Crippen LogP contribution in [-0.2, 0) is 9.59 Å². The molecule has 0 bridgehead atoms. The maximum atomic E-state index is 9.81. The average molecular weight is 131 g/mol. The maximum Gasteiger partial charge on any atom is 0.317 e. The summed E-state index contributed by atoms with van der Waals surface area (Å²) in [5.41, 5.74) is 0. The molecule has 0 unspecified atom stereocenters. The van der Waals surface area contributed by atoms with Gasteiger partial charge >= 0.3 is 5.97 Å². The van der Waals surface area contributed by atoms with Crippen molar-refractivity contribution >= 4 is 12.3 Å². The molecule has 0 aromatic carbocycles. The van der Waals surface area contributed by atoms with Crippen LogP contribution in [-0.4, -0.2) is 30.5 Å². The van der Waals surface area contributed by atoms with E-state index >= 15 is 0 Å². The van der Waals surface area contributed by atoms with Gasteiger partial charge in [-0.3, -0.25) is 4.79 Å². The minimum Gasteiger partial charge on any atom is -0.480 e. The highest BCUT2D eigenvalue weighted by atomic mass is 16.4. The summed E-state index contributed by atoms with van der Waals surface area (Å²) < 4.78 is 0. The minimum atomic E-state index is -0.902. The van der Waals surface area contributed by atoms with Gasteiger partial charge in [0.25, 0.3) is 0 Å². The molecule has 52 valence electrons. The lowest BCUT2D eigenvalue weighted by atomic mass is 10.4. The Bertz CT molecular complexity index is 102. The van der Waals surface area contributed by atoms with Crippen LogP contribution in [0.15, 0.2) is 0 Å². The van der Waals surface area contributed by atoms with Crippen molar-refractivity contribution in [2.45, 2.75) is 6.42 Å². The van der Waals surface area contributed by atoms with Gasteiger partial charge in [-0.05, 0) is 0 Å². The second-order valence-electron chi connectivity index (χ2n) is 1.53. The molecule has 0 fully saturated rings. The zero-order valence-corrected chi connectivity index (χ0v) is 4.96. The van der Waals surface area contributed by atoms with E-state index in [1.807, 2.05) is 0 Å². The summed E-state index contributed by atoms with van der Waals surface area (Å²) in [6, 6.07) is 0. The molecule has 0 aromatic rings. The molecule has 0 amide bonds. The van der Waals surface area contributed by atoms with E-state index in [-0.39, 0.29) is 6.54 Å². The highest BCUT2D eigenvalue weighted by Crippen LogP contribution is 1.66. The number of rotatable bonds is 5. The fourth-order valence-electron chi connectivity index (χ4n) is 0.356. The van der Waals surface area contributed by atoms with Gasteiger partial charge in [0.05, 0.1) is 6.54 Å². The normalized spacial score (nSPS) is 8.89. The fourth-order valence-corrected chi connectivity index (χ4v) is 0.356. The van der Waals surface area contributed by atoms with E-state index in [2.05, 4.69) is 5.32 Å². The molecule has 0 heterocycles. The highest BCUT2D eigenvalue weighted by Gasteiger charge is 1.92. The molecule has 0 radical (unpaired) electrons. The molecule has 0 aliphatic carbocycles. The molecule has 4 heteroatoms. The van der Waals surface area contributed by atoms with Gasteiger partial charge in [-0.25, -0.2) is 0 Å². The Hall–Kier alpha value is -0.900. The Balaban J connectivity index is 2.91. The lowest BCUT2D eigenvalue weighted by Crippen LogP contribution is -2.23. The van der Waals surface area contributed by atoms with Gasteiger partial charge in [0, 0.05) is 13.0 Å². The Morgan fingerprint density at radius 3 is 2.78 bits per heavy atom. The molecule has 2 N–H and O–H groups in total. The highest BCUT2D eigenvalue weighted by molar-refractivity contribution is 5.69. The van der Waals surface area contributed by atoms with Crippen LogP contribution >= 0.6 is 0 Å². The monoisotopic (exact) mass is 131 g/mol. The number of carboxylic acids is 1. The van der Waals surface area contributed by atoms with E-state index in [4.69, 9.17) is 5.11 Å². The summed E-state index contributed by atoms with van der Waals surface area (Å²) in [4.78, 5) is 19.5. The van der Waals surface area contributed by atoms with Crippen LogP contribution in [0, 0.1) is 0 Å². The van der Waals surface area contributed by atoms with Gasteiger partial charge in [-0.1, -0.05) is 0 Å². The first-order valence-corrected chi connectivity index (χ1v) is 2.63. The zero-order chi connectivity index (χ0) is 7.11. The standard InChI is InChI=1S/C5H9NO3/c7-3-1-2-6-4-5(8)9/h3,6H,1-2,4H2,(H,8,9). The summed E-state index contributed by atoms with van der Waals surface area (Å²) in [5, 5.41) is 10.6. The Kier molecular flexibility index (Phi) is 4.72. The lowest BCUT2D eigenvalue weighted by molar-refractivity contribution is -0.136. The van der Waals surface area contributed by atoms with Gasteiger partial charge in [-0.2, -0.15) is 0 Å². The molecule has 4 nitrogen and oxygen atoms in total. The molecule has 0 aromatic heterocycles.